The van der Waals surface area contributed by atoms with E-state index in [4.69, 9.17) is 4.74 Å². The minimum atomic E-state index is -4.83. The topological polar surface area (TPSA) is 124 Å². The van der Waals surface area contributed by atoms with Crippen molar-refractivity contribution in [3.63, 3.8) is 0 Å². The van der Waals surface area contributed by atoms with E-state index < -0.39 is 53.6 Å². The molecule has 3 rings (SSSR count). The Kier molecular flexibility index (Phi) is 7.24. The lowest BCUT2D eigenvalue weighted by atomic mass is 10.2. The lowest BCUT2D eigenvalue weighted by molar-refractivity contribution is -0.190. The van der Waals surface area contributed by atoms with Crippen LogP contribution in [0, 0.1) is 19.7 Å². The fraction of sp³-hybridized carbons (Fsp3) is 0.381. The zero-order valence-corrected chi connectivity index (χ0v) is 19.1. The van der Waals surface area contributed by atoms with Gasteiger partial charge >= 0.3 is 11.9 Å². The predicted octanol–water partition coefficient (Wildman–Crippen LogP) is 2.67. The van der Waals surface area contributed by atoms with E-state index in [1.165, 1.54) is 0 Å². The summed E-state index contributed by atoms with van der Waals surface area (Å²) in [6.07, 6.45) is -5.69. The quantitative estimate of drug-likeness (QED) is 0.480. The number of anilines is 1. The van der Waals surface area contributed by atoms with Crippen molar-refractivity contribution in [1.82, 2.24) is 24.3 Å². The molecule has 0 radical (unpaired) electrons. The number of ether oxygens (including phenoxy) is 1. The summed E-state index contributed by atoms with van der Waals surface area (Å²) in [5.41, 5.74) is -0.184. The van der Waals surface area contributed by atoms with E-state index in [1.807, 2.05) is 0 Å². The van der Waals surface area contributed by atoms with E-state index in [2.05, 4.69) is 20.4 Å². The number of hydrogen-bond donors (Lipinski definition) is 2. The van der Waals surface area contributed by atoms with Gasteiger partial charge in [0.25, 0.3) is 5.91 Å². The first-order chi connectivity index (χ1) is 16.4. The summed E-state index contributed by atoms with van der Waals surface area (Å²) in [6, 6.07) is 2.18. The monoisotopic (exact) mass is 498 g/mol. The van der Waals surface area contributed by atoms with Crippen LogP contribution >= 0.6 is 0 Å². The van der Waals surface area contributed by atoms with Crippen LogP contribution in [0.5, 0.6) is 5.88 Å². The van der Waals surface area contributed by atoms with Gasteiger partial charge in [0.1, 0.15) is 12.2 Å². The summed E-state index contributed by atoms with van der Waals surface area (Å²) in [6.45, 7) is 4.99. The maximum Gasteiger partial charge on any atom is 0.425 e. The first-order valence-corrected chi connectivity index (χ1v) is 10.4. The number of aryl methyl sites for hydroxylation is 2. The molecular weight excluding hydrogens is 476 g/mol. The average Bonchev–Trinajstić information content (AvgIpc) is 3.11. The van der Waals surface area contributed by atoms with Crippen LogP contribution < -0.4 is 15.7 Å². The molecule has 35 heavy (non-hydrogen) atoms. The SMILES string of the molecule is CCn1c(CO)nn(-c2nc(OC(C)C(F)(F)F)c(C(=O)Nc3cc(C)cnc3C)cc2F)c1=O. The van der Waals surface area contributed by atoms with Crippen molar-refractivity contribution in [3.05, 3.63) is 57.3 Å². The molecule has 0 saturated heterocycles. The van der Waals surface area contributed by atoms with Gasteiger partial charge in [0, 0.05) is 12.7 Å². The second kappa shape index (κ2) is 9.82. The average molecular weight is 498 g/mol. The second-order valence-electron chi connectivity index (χ2n) is 7.56. The molecule has 0 aliphatic heterocycles. The number of carbonyl (C=O) groups excluding carboxylic acids is 1. The highest BCUT2D eigenvalue weighted by atomic mass is 19.4. The van der Waals surface area contributed by atoms with Crippen LogP contribution in [0.3, 0.4) is 0 Å². The van der Waals surface area contributed by atoms with Crippen LogP contribution in [0.15, 0.2) is 23.1 Å². The van der Waals surface area contributed by atoms with Crippen LogP contribution in [0.2, 0.25) is 0 Å². The van der Waals surface area contributed by atoms with Crippen LogP contribution in [0.1, 0.15) is 41.3 Å². The molecule has 1 atom stereocenters. The highest BCUT2D eigenvalue weighted by molar-refractivity contribution is 6.06. The Morgan fingerprint density at radius 2 is 1.97 bits per heavy atom. The number of pyridine rings is 2. The van der Waals surface area contributed by atoms with Crippen molar-refractivity contribution in [1.29, 1.82) is 0 Å². The van der Waals surface area contributed by atoms with Crippen LogP contribution in [-0.4, -0.2) is 47.6 Å². The van der Waals surface area contributed by atoms with Crippen LogP contribution in [0.25, 0.3) is 5.82 Å². The molecule has 3 heterocycles. The standard InChI is InChI=1S/C21H22F4N6O4/c1-5-30-16(9-32)29-31(20(30)34)17-14(22)7-13(19(28-17)35-12(4)21(23,24)25)18(33)27-15-6-10(2)8-26-11(15)3/h6-8,12,32H,5,9H2,1-4H3,(H,27,33). The molecule has 0 aromatic carbocycles. The molecule has 10 nitrogen and oxygen atoms in total. The summed E-state index contributed by atoms with van der Waals surface area (Å²) in [5, 5.41) is 15.7. The number of aliphatic hydroxyl groups excluding tert-OH is 1. The lowest BCUT2D eigenvalue weighted by Crippen LogP contribution is -2.33. The molecule has 0 bridgehead atoms. The van der Waals surface area contributed by atoms with E-state index >= 15 is 4.39 Å². The van der Waals surface area contributed by atoms with E-state index in [9.17, 15) is 27.9 Å². The fourth-order valence-electron chi connectivity index (χ4n) is 3.06. The van der Waals surface area contributed by atoms with Gasteiger partial charge in [-0.25, -0.2) is 9.18 Å². The molecule has 0 fully saturated rings. The third kappa shape index (κ3) is 5.31. The van der Waals surface area contributed by atoms with Crippen molar-refractivity contribution in [2.75, 3.05) is 5.32 Å². The van der Waals surface area contributed by atoms with Crippen molar-refractivity contribution >= 4 is 11.6 Å². The summed E-state index contributed by atoms with van der Waals surface area (Å²) in [4.78, 5) is 33.3. The molecule has 188 valence electrons. The zero-order chi connectivity index (χ0) is 26.1. The number of nitrogens with zero attached hydrogens (tertiary/aromatic N) is 5. The molecule has 0 aliphatic rings. The molecule has 0 spiro atoms. The van der Waals surface area contributed by atoms with Crippen LogP contribution in [-0.2, 0) is 13.2 Å². The number of aromatic nitrogens is 5. The summed E-state index contributed by atoms with van der Waals surface area (Å²) in [5.74, 6) is -4.02. The molecule has 2 N–H and O–H groups in total. The minimum absolute atomic E-state index is 0.0786. The lowest BCUT2D eigenvalue weighted by Gasteiger charge is -2.19. The maximum atomic E-state index is 15.1. The Bertz CT molecular complexity index is 1320. The number of alkyl halides is 3. The third-order valence-corrected chi connectivity index (χ3v) is 4.99. The molecule has 1 unspecified atom stereocenters. The van der Waals surface area contributed by atoms with Crippen LogP contribution in [0.4, 0.5) is 23.2 Å². The highest BCUT2D eigenvalue weighted by Gasteiger charge is 2.39. The normalized spacial score (nSPS) is 12.5. The Balaban J connectivity index is 2.14. The van der Waals surface area contributed by atoms with Gasteiger partial charge in [-0.2, -0.15) is 22.8 Å². The number of amides is 1. The number of rotatable bonds is 7. The number of nitrogens with one attached hydrogen (secondary N) is 1. The van der Waals surface area contributed by atoms with Gasteiger partial charge in [-0.1, -0.05) is 0 Å². The molecule has 0 aliphatic carbocycles. The predicted molar refractivity (Wildman–Crippen MR) is 115 cm³/mol. The molecule has 14 heteroatoms. The molecular formula is C21H22F4N6O4. The second-order valence-corrected chi connectivity index (χ2v) is 7.56. The van der Waals surface area contributed by atoms with Crippen molar-refractivity contribution in [3.8, 4) is 11.7 Å². The van der Waals surface area contributed by atoms with Gasteiger partial charge < -0.3 is 15.2 Å². The Morgan fingerprint density at radius 1 is 1.29 bits per heavy atom. The maximum absolute atomic E-state index is 15.1. The third-order valence-electron chi connectivity index (χ3n) is 4.99. The van der Waals surface area contributed by atoms with Crippen molar-refractivity contribution in [2.24, 2.45) is 0 Å². The molecule has 3 aromatic heterocycles. The zero-order valence-electron chi connectivity index (χ0n) is 19.1. The molecule has 0 saturated carbocycles. The Hall–Kier alpha value is -3.81. The van der Waals surface area contributed by atoms with Gasteiger partial charge in [0.15, 0.2) is 23.6 Å². The number of aliphatic hydroxyl groups is 1. The van der Waals surface area contributed by atoms with Gasteiger partial charge in [0.05, 0.1) is 11.4 Å². The number of halogens is 4. The number of hydrogen-bond acceptors (Lipinski definition) is 7. The highest BCUT2D eigenvalue weighted by Crippen LogP contribution is 2.28. The first-order valence-electron chi connectivity index (χ1n) is 10.4. The van der Waals surface area contributed by atoms with Gasteiger partial charge in [-0.15, -0.1) is 5.10 Å². The van der Waals surface area contributed by atoms with E-state index in [-0.39, 0.29) is 18.1 Å². The number of carbonyl (C=O) groups is 1. The Labute approximate surface area is 196 Å². The smallest absolute Gasteiger partial charge is 0.425 e. The van der Waals surface area contributed by atoms with Gasteiger partial charge in [-0.3, -0.25) is 14.3 Å². The molecule has 1 amide bonds. The van der Waals surface area contributed by atoms with Gasteiger partial charge in [0.2, 0.25) is 5.88 Å². The largest absolute Gasteiger partial charge is 0.464 e. The van der Waals surface area contributed by atoms with Gasteiger partial charge in [-0.05, 0) is 45.4 Å². The molecule has 3 aromatic rings. The fourth-order valence-corrected chi connectivity index (χ4v) is 3.06. The summed E-state index contributed by atoms with van der Waals surface area (Å²) < 4.78 is 61.0. The summed E-state index contributed by atoms with van der Waals surface area (Å²) >= 11 is 0. The Morgan fingerprint density at radius 3 is 2.54 bits per heavy atom. The van der Waals surface area contributed by atoms with Crippen molar-refractivity contribution in [2.45, 2.75) is 53.1 Å². The summed E-state index contributed by atoms with van der Waals surface area (Å²) in [7, 11) is 0. The van der Waals surface area contributed by atoms with E-state index in [0.717, 1.165) is 4.57 Å². The van der Waals surface area contributed by atoms with Crippen molar-refractivity contribution < 1.29 is 32.2 Å². The minimum Gasteiger partial charge on any atom is -0.464 e. The first kappa shape index (κ1) is 25.8. The van der Waals surface area contributed by atoms with E-state index in [1.54, 1.807) is 33.0 Å². The van der Waals surface area contributed by atoms with E-state index in [0.29, 0.717) is 28.9 Å².